The maximum Gasteiger partial charge on any atom is 0.310 e. The van der Waals surface area contributed by atoms with Crippen molar-refractivity contribution in [3.05, 3.63) is 33.3 Å². The third kappa shape index (κ3) is 3.79. The fraction of sp³-hybridized carbons (Fsp3) is 0.500. The van der Waals surface area contributed by atoms with Gasteiger partial charge in [-0.1, -0.05) is 17.7 Å². The van der Waals surface area contributed by atoms with Crippen LogP contribution in [0, 0.1) is 10.1 Å². The Labute approximate surface area is 116 Å². The average Bonchev–Trinajstić information content (AvgIpc) is 2.39. The Bertz CT molecular complexity index is 449. The molecule has 0 amide bonds. The first kappa shape index (κ1) is 14.0. The van der Waals surface area contributed by atoms with Gasteiger partial charge in [0, 0.05) is 39.3 Å². The molecule has 0 radical (unpaired) electrons. The highest BCUT2D eigenvalue weighted by Gasteiger charge is 2.18. The molecule has 7 heteroatoms. The molecule has 1 fully saturated rings. The second kappa shape index (κ2) is 6.70. The summed E-state index contributed by atoms with van der Waals surface area (Å²) in [5.41, 5.74) is 0.428. The summed E-state index contributed by atoms with van der Waals surface area (Å²) in [6.07, 6.45) is 0. The minimum atomic E-state index is -0.449. The first-order valence-electron chi connectivity index (χ1n) is 6.28. The third-order valence-corrected chi connectivity index (χ3v) is 3.43. The van der Waals surface area contributed by atoms with Gasteiger partial charge in [-0.15, -0.1) is 0 Å². The number of para-hydroxylation sites is 1. The Hall–Kier alpha value is -1.37. The second-order valence-electron chi connectivity index (χ2n) is 4.41. The molecular weight excluding hydrogens is 268 g/mol. The van der Waals surface area contributed by atoms with Gasteiger partial charge in [-0.2, -0.15) is 0 Å². The Kier molecular flexibility index (Phi) is 4.95. The lowest BCUT2D eigenvalue weighted by Gasteiger charge is -2.27. The van der Waals surface area contributed by atoms with Crippen molar-refractivity contribution in [1.82, 2.24) is 10.2 Å². The van der Waals surface area contributed by atoms with Crippen LogP contribution in [0.3, 0.4) is 0 Å². The van der Waals surface area contributed by atoms with E-state index in [9.17, 15) is 10.1 Å². The molecule has 2 rings (SSSR count). The molecule has 19 heavy (non-hydrogen) atoms. The molecule has 1 saturated heterocycles. The molecule has 1 aromatic carbocycles. The summed E-state index contributed by atoms with van der Waals surface area (Å²) in [4.78, 5) is 12.8. The van der Waals surface area contributed by atoms with Crippen molar-refractivity contribution in [3.63, 3.8) is 0 Å². The molecule has 0 aliphatic carbocycles. The maximum atomic E-state index is 11.0. The number of nitrogens with zero attached hydrogens (tertiary/aromatic N) is 2. The van der Waals surface area contributed by atoms with Crippen molar-refractivity contribution in [1.29, 1.82) is 0 Å². The Balaban J connectivity index is 1.92. The van der Waals surface area contributed by atoms with Crippen LogP contribution in [0.5, 0.6) is 0 Å². The largest absolute Gasteiger partial charge is 0.378 e. The lowest BCUT2D eigenvalue weighted by molar-refractivity contribution is -0.383. The Morgan fingerprint density at radius 3 is 2.84 bits per heavy atom. The van der Waals surface area contributed by atoms with E-state index >= 15 is 0 Å². The molecule has 1 aliphatic rings. The maximum absolute atomic E-state index is 11.0. The Morgan fingerprint density at radius 1 is 1.42 bits per heavy atom. The zero-order valence-corrected chi connectivity index (χ0v) is 11.3. The van der Waals surface area contributed by atoms with Gasteiger partial charge in [-0.25, -0.2) is 0 Å². The van der Waals surface area contributed by atoms with Crippen molar-refractivity contribution in [3.8, 4) is 0 Å². The highest BCUT2D eigenvalue weighted by molar-refractivity contribution is 6.33. The van der Waals surface area contributed by atoms with Crippen molar-refractivity contribution in [2.75, 3.05) is 44.6 Å². The van der Waals surface area contributed by atoms with Crippen molar-refractivity contribution in [2.24, 2.45) is 0 Å². The van der Waals surface area contributed by atoms with E-state index in [1.54, 1.807) is 12.1 Å². The molecule has 0 spiro atoms. The van der Waals surface area contributed by atoms with E-state index in [1.807, 2.05) is 0 Å². The number of nitro benzene ring substituents is 1. The van der Waals surface area contributed by atoms with E-state index in [0.29, 0.717) is 12.2 Å². The monoisotopic (exact) mass is 284 g/mol. The first-order chi connectivity index (χ1) is 9.18. The molecule has 1 aromatic rings. The van der Waals surface area contributed by atoms with Crippen LogP contribution in [-0.2, 0) is 0 Å². The number of rotatable bonds is 5. The zero-order chi connectivity index (χ0) is 13.7. The highest BCUT2D eigenvalue weighted by Crippen LogP contribution is 2.31. The molecule has 1 aliphatic heterocycles. The van der Waals surface area contributed by atoms with Gasteiger partial charge in [0.05, 0.1) is 4.92 Å². The van der Waals surface area contributed by atoms with Gasteiger partial charge in [0.2, 0.25) is 0 Å². The van der Waals surface area contributed by atoms with E-state index in [-0.39, 0.29) is 10.7 Å². The number of benzene rings is 1. The molecule has 2 N–H and O–H groups in total. The summed E-state index contributed by atoms with van der Waals surface area (Å²) in [7, 11) is 0. The average molecular weight is 285 g/mol. The van der Waals surface area contributed by atoms with Gasteiger partial charge < -0.3 is 10.6 Å². The van der Waals surface area contributed by atoms with Crippen LogP contribution in [0.2, 0.25) is 5.02 Å². The van der Waals surface area contributed by atoms with E-state index < -0.39 is 4.92 Å². The first-order valence-corrected chi connectivity index (χ1v) is 6.66. The van der Waals surface area contributed by atoms with E-state index in [4.69, 9.17) is 11.6 Å². The molecule has 104 valence electrons. The van der Waals surface area contributed by atoms with Gasteiger partial charge in [0.1, 0.15) is 10.7 Å². The van der Waals surface area contributed by atoms with Crippen LogP contribution >= 0.6 is 11.6 Å². The lowest BCUT2D eigenvalue weighted by Crippen LogP contribution is -2.45. The predicted octanol–water partition coefficient (Wildman–Crippen LogP) is 1.57. The lowest BCUT2D eigenvalue weighted by atomic mass is 10.2. The number of piperazine rings is 1. The van der Waals surface area contributed by atoms with E-state index in [0.717, 1.165) is 32.7 Å². The zero-order valence-electron chi connectivity index (χ0n) is 10.6. The van der Waals surface area contributed by atoms with Crippen LogP contribution in [0.1, 0.15) is 0 Å². The molecule has 6 nitrogen and oxygen atoms in total. The summed E-state index contributed by atoms with van der Waals surface area (Å²) in [5, 5.41) is 17.5. The SMILES string of the molecule is O=[N+]([O-])c1c(Cl)cccc1NCCN1CCNCC1. The molecule has 0 bridgehead atoms. The smallest absolute Gasteiger partial charge is 0.310 e. The summed E-state index contributed by atoms with van der Waals surface area (Å²) in [5.74, 6) is 0. The van der Waals surface area contributed by atoms with Gasteiger partial charge in [-0.05, 0) is 12.1 Å². The van der Waals surface area contributed by atoms with Crippen LogP contribution in [0.15, 0.2) is 18.2 Å². The summed E-state index contributed by atoms with van der Waals surface area (Å²) < 4.78 is 0. The molecule has 0 unspecified atom stereocenters. The summed E-state index contributed by atoms with van der Waals surface area (Å²) in [6.45, 7) is 5.56. The quantitative estimate of drug-likeness (QED) is 0.634. The minimum absolute atomic E-state index is 0.0514. The highest BCUT2D eigenvalue weighted by atomic mass is 35.5. The van der Waals surface area contributed by atoms with Crippen molar-refractivity contribution in [2.45, 2.75) is 0 Å². The number of halogens is 1. The summed E-state index contributed by atoms with van der Waals surface area (Å²) >= 11 is 5.85. The number of nitro groups is 1. The van der Waals surface area contributed by atoms with E-state index in [2.05, 4.69) is 15.5 Å². The molecule has 0 atom stereocenters. The van der Waals surface area contributed by atoms with Gasteiger partial charge in [0.15, 0.2) is 0 Å². The van der Waals surface area contributed by atoms with Gasteiger partial charge in [-0.3, -0.25) is 15.0 Å². The molecule has 1 heterocycles. The fourth-order valence-corrected chi connectivity index (χ4v) is 2.37. The summed E-state index contributed by atoms with van der Waals surface area (Å²) in [6, 6.07) is 4.92. The number of hydrogen-bond acceptors (Lipinski definition) is 5. The minimum Gasteiger partial charge on any atom is -0.378 e. The van der Waals surface area contributed by atoms with Crippen LogP contribution in [0.4, 0.5) is 11.4 Å². The third-order valence-electron chi connectivity index (χ3n) is 3.12. The second-order valence-corrected chi connectivity index (χ2v) is 4.82. The Morgan fingerprint density at radius 2 is 2.16 bits per heavy atom. The molecule has 0 aromatic heterocycles. The number of nitrogens with one attached hydrogen (secondary N) is 2. The van der Waals surface area contributed by atoms with Crippen LogP contribution in [0.25, 0.3) is 0 Å². The number of anilines is 1. The topological polar surface area (TPSA) is 70.4 Å². The standard InChI is InChI=1S/C12H17ClN4O2/c13-10-2-1-3-11(12(10)17(18)19)15-6-9-16-7-4-14-5-8-16/h1-3,14-15H,4-9H2. The predicted molar refractivity (Wildman–Crippen MR) is 75.9 cm³/mol. The van der Waals surface area contributed by atoms with Crippen molar-refractivity contribution < 1.29 is 4.92 Å². The molecule has 0 saturated carbocycles. The van der Waals surface area contributed by atoms with E-state index in [1.165, 1.54) is 6.07 Å². The van der Waals surface area contributed by atoms with Crippen molar-refractivity contribution >= 4 is 23.0 Å². The number of hydrogen-bond donors (Lipinski definition) is 2. The van der Waals surface area contributed by atoms with Gasteiger partial charge in [0.25, 0.3) is 0 Å². The fourth-order valence-electron chi connectivity index (χ4n) is 2.13. The molecular formula is C12H17ClN4O2. The van der Waals surface area contributed by atoms with Crippen LogP contribution in [-0.4, -0.2) is 49.1 Å². The normalized spacial score (nSPS) is 16.3. The van der Waals surface area contributed by atoms with Crippen LogP contribution < -0.4 is 10.6 Å². The van der Waals surface area contributed by atoms with Gasteiger partial charge >= 0.3 is 5.69 Å².